The SMILES string of the molecule is COc1cc(C)ccc1-c1ncc(I)c(N)n1. The zero-order valence-electron chi connectivity index (χ0n) is 9.57. The topological polar surface area (TPSA) is 61.0 Å². The van der Waals surface area contributed by atoms with Crippen molar-refractivity contribution in [3.63, 3.8) is 0 Å². The van der Waals surface area contributed by atoms with Crippen molar-refractivity contribution in [2.75, 3.05) is 12.8 Å². The van der Waals surface area contributed by atoms with Crippen LogP contribution < -0.4 is 10.5 Å². The zero-order chi connectivity index (χ0) is 12.4. The average molecular weight is 341 g/mol. The fourth-order valence-electron chi connectivity index (χ4n) is 1.49. The number of nitrogens with zero attached hydrogens (tertiary/aromatic N) is 2. The minimum absolute atomic E-state index is 0.484. The van der Waals surface area contributed by atoms with E-state index in [0.29, 0.717) is 11.6 Å². The molecule has 2 N–H and O–H groups in total. The summed E-state index contributed by atoms with van der Waals surface area (Å²) in [6.07, 6.45) is 1.71. The van der Waals surface area contributed by atoms with Gasteiger partial charge in [-0.3, -0.25) is 0 Å². The van der Waals surface area contributed by atoms with Gasteiger partial charge in [0.2, 0.25) is 0 Å². The molecule has 1 aromatic heterocycles. The number of nitrogens with two attached hydrogens (primary N) is 1. The van der Waals surface area contributed by atoms with Crippen LogP contribution in [0.5, 0.6) is 5.75 Å². The van der Waals surface area contributed by atoms with Gasteiger partial charge in [-0.25, -0.2) is 9.97 Å². The fourth-order valence-corrected chi connectivity index (χ4v) is 1.75. The average Bonchev–Trinajstić information content (AvgIpc) is 2.32. The Morgan fingerprint density at radius 1 is 1.35 bits per heavy atom. The Labute approximate surface area is 113 Å². The van der Waals surface area contributed by atoms with Crippen LogP contribution in [0.1, 0.15) is 5.56 Å². The number of aryl methyl sites for hydroxylation is 1. The van der Waals surface area contributed by atoms with E-state index >= 15 is 0 Å². The highest BCUT2D eigenvalue weighted by Gasteiger charge is 2.10. The molecule has 0 aliphatic heterocycles. The van der Waals surface area contributed by atoms with E-state index in [1.807, 2.05) is 25.1 Å². The number of ether oxygens (including phenoxy) is 1. The van der Waals surface area contributed by atoms with Gasteiger partial charge in [-0.15, -0.1) is 0 Å². The number of nitrogen functional groups attached to an aromatic ring is 1. The molecule has 2 rings (SSSR count). The fraction of sp³-hybridized carbons (Fsp3) is 0.167. The van der Waals surface area contributed by atoms with Gasteiger partial charge in [0.1, 0.15) is 11.6 Å². The third-order valence-electron chi connectivity index (χ3n) is 2.37. The molecule has 0 unspecified atom stereocenters. The predicted molar refractivity (Wildman–Crippen MR) is 75.9 cm³/mol. The van der Waals surface area contributed by atoms with Gasteiger partial charge in [0.25, 0.3) is 0 Å². The Morgan fingerprint density at radius 3 is 2.76 bits per heavy atom. The molecule has 1 aromatic carbocycles. The second-order valence-electron chi connectivity index (χ2n) is 3.63. The normalized spacial score (nSPS) is 10.3. The maximum absolute atomic E-state index is 5.78. The molecule has 1 heterocycles. The Kier molecular flexibility index (Phi) is 3.46. The Hall–Kier alpha value is -1.37. The number of anilines is 1. The molecule has 0 aliphatic carbocycles. The number of methoxy groups -OCH3 is 1. The summed E-state index contributed by atoms with van der Waals surface area (Å²) in [4.78, 5) is 8.53. The van der Waals surface area contributed by atoms with E-state index in [1.54, 1.807) is 13.3 Å². The summed E-state index contributed by atoms with van der Waals surface area (Å²) in [7, 11) is 1.63. The van der Waals surface area contributed by atoms with Crippen molar-refractivity contribution in [1.82, 2.24) is 9.97 Å². The Bertz CT molecular complexity index is 557. The number of rotatable bonds is 2. The van der Waals surface area contributed by atoms with Gasteiger partial charge in [0, 0.05) is 6.20 Å². The molecule has 0 fully saturated rings. The zero-order valence-corrected chi connectivity index (χ0v) is 11.7. The second-order valence-corrected chi connectivity index (χ2v) is 4.79. The predicted octanol–water partition coefficient (Wildman–Crippen LogP) is 2.65. The largest absolute Gasteiger partial charge is 0.496 e. The third kappa shape index (κ3) is 2.49. The van der Waals surface area contributed by atoms with E-state index in [4.69, 9.17) is 10.5 Å². The molecule has 0 spiro atoms. The molecular formula is C12H12IN3O. The number of hydrogen-bond donors (Lipinski definition) is 1. The van der Waals surface area contributed by atoms with Crippen molar-refractivity contribution >= 4 is 28.4 Å². The lowest BCUT2D eigenvalue weighted by Gasteiger charge is -2.08. The first-order chi connectivity index (χ1) is 8.11. The van der Waals surface area contributed by atoms with Crippen LogP contribution in [0.2, 0.25) is 0 Å². The first-order valence-electron chi connectivity index (χ1n) is 5.05. The third-order valence-corrected chi connectivity index (χ3v) is 3.20. The van der Waals surface area contributed by atoms with Crippen LogP contribution in [-0.2, 0) is 0 Å². The highest BCUT2D eigenvalue weighted by atomic mass is 127. The summed E-state index contributed by atoms with van der Waals surface area (Å²) >= 11 is 2.10. The lowest BCUT2D eigenvalue weighted by molar-refractivity contribution is 0.416. The van der Waals surface area contributed by atoms with Gasteiger partial charge in [-0.2, -0.15) is 0 Å². The number of aromatic nitrogens is 2. The van der Waals surface area contributed by atoms with E-state index in [1.165, 1.54) is 0 Å². The highest BCUT2D eigenvalue weighted by Crippen LogP contribution is 2.29. The molecule has 2 aromatic rings. The van der Waals surface area contributed by atoms with Crippen molar-refractivity contribution in [2.24, 2.45) is 0 Å². The molecule has 0 amide bonds. The number of hydrogen-bond acceptors (Lipinski definition) is 4. The maximum atomic E-state index is 5.78. The van der Waals surface area contributed by atoms with Gasteiger partial charge in [0.15, 0.2) is 5.82 Å². The van der Waals surface area contributed by atoms with Crippen molar-refractivity contribution < 1.29 is 4.74 Å². The van der Waals surface area contributed by atoms with Crippen LogP contribution in [0.15, 0.2) is 24.4 Å². The lowest BCUT2D eigenvalue weighted by Crippen LogP contribution is -1.99. The summed E-state index contributed by atoms with van der Waals surface area (Å²) in [5.74, 6) is 1.82. The van der Waals surface area contributed by atoms with Gasteiger partial charge >= 0.3 is 0 Å². The van der Waals surface area contributed by atoms with E-state index in [2.05, 4.69) is 32.6 Å². The standard InChI is InChI=1S/C12H12IN3O/c1-7-3-4-8(10(5-7)17-2)12-15-6-9(13)11(14)16-12/h3-6H,1-2H3,(H2,14,15,16). The van der Waals surface area contributed by atoms with Gasteiger partial charge < -0.3 is 10.5 Å². The monoisotopic (exact) mass is 341 g/mol. The molecule has 88 valence electrons. The molecule has 5 heteroatoms. The number of benzene rings is 1. The van der Waals surface area contributed by atoms with Crippen LogP contribution in [0.4, 0.5) is 5.82 Å². The van der Waals surface area contributed by atoms with Gasteiger partial charge in [0.05, 0.1) is 16.2 Å². The van der Waals surface area contributed by atoms with Crippen molar-refractivity contribution in [3.05, 3.63) is 33.5 Å². The van der Waals surface area contributed by atoms with Gasteiger partial charge in [-0.05, 0) is 47.2 Å². The Balaban J connectivity index is 2.55. The molecule has 0 atom stereocenters. The highest BCUT2D eigenvalue weighted by molar-refractivity contribution is 14.1. The van der Waals surface area contributed by atoms with Crippen molar-refractivity contribution in [3.8, 4) is 17.1 Å². The van der Waals surface area contributed by atoms with Crippen LogP contribution in [0.25, 0.3) is 11.4 Å². The minimum atomic E-state index is 0.484. The van der Waals surface area contributed by atoms with Crippen molar-refractivity contribution in [1.29, 1.82) is 0 Å². The van der Waals surface area contributed by atoms with Crippen LogP contribution >= 0.6 is 22.6 Å². The first-order valence-corrected chi connectivity index (χ1v) is 6.12. The van der Waals surface area contributed by atoms with Gasteiger partial charge in [-0.1, -0.05) is 6.07 Å². The summed E-state index contributed by atoms with van der Waals surface area (Å²) in [5, 5.41) is 0. The molecule has 0 saturated carbocycles. The summed E-state index contributed by atoms with van der Waals surface area (Å²) in [6.45, 7) is 2.01. The molecule has 4 nitrogen and oxygen atoms in total. The van der Waals surface area contributed by atoms with E-state index < -0.39 is 0 Å². The van der Waals surface area contributed by atoms with E-state index in [-0.39, 0.29) is 0 Å². The molecule has 0 saturated heterocycles. The number of halogens is 1. The lowest BCUT2D eigenvalue weighted by atomic mass is 10.1. The molecular weight excluding hydrogens is 329 g/mol. The molecule has 0 bridgehead atoms. The smallest absolute Gasteiger partial charge is 0.165 e. The summed E-state index contributed by atoms with van der Waals surface area (Å²) in [5.41, 5.74) is 7.76. The minimum Gasteiger partial charge on any atom is -0.496 e. The molecule has 0 aliphatic rings. The van der Waals surface area contributed by atoms with Crippen LogP contribution in [0.3, 0.4) is 0 Å². The Morgan fingerprint density at radius 2 is 2.12 bits per heavy atom. The summed E-state index contributed by atoms with van der Waals surface area (Å²) < 4.78 is 6.17. The quantitative estimate of drug-likeness (QED) is 0.853. The summed E-state index contributed by atoms with van der Waals surface area (Å²) in [6, 6.07) is 5.89. The van der Waals surface area contributed by atoms with E-state index in [9.17, 15) is 0 Å². The first kappa shape index (κ1) is 12.1. The van der Waals surface area contributed by atoms with Crippen molar-refractivity contribution in [2.45, 2.75) is 6.92 Å². The molecule has 0 radical (unpaired) electrons. The second kappa shape index (κ2) is 4.87. The van der Waals surface area contributed by atoms with Crippen LogP contribution in [0, 0.1) is 10.5 Å². The maximum Gasteiger partial charge on any atom is 0.165 e. The van der Waals surface area contributed by atoms with E-state index in [0.717, 1.165) is 20.4 Å². The molecule has 17 heavy (non-hydrogen) atoms. The van der Waals surface area contributed by atoms with Crippen LogP contribution in [-0.4, -0.2) is 17.1 Å².